The number of para-hydroxylation sites is 1. The number of aromatic nitrogens is 2. The van der Waals surface area contributed by atoms with Gasteiger partial charge in [-0.1, -0.05) is 18.2 Å². The van der Waals surface area contributed by atoms with Crippen LogP contribution in [0.3, 0.4) is 0 Å². The minimum atomic E-state index is -0.572. The maximum absolute atomic E-state index is 13.0. The van der Waals surface area contributed by atoms with Crippen LogP contribution >= 0.6 is 0 Å². The van der Waals surface area contributed by atoms with Gasteiger partial charge < -0.3 is 10.1 Å². The summed E-state index contributed by atoms with van der Waals surface area (Å²) in [6.07, 6.45) is 0.241. The molecular weight excluding hydrogens is 382 g/mol. The molecule has 0 unspecified atom stereocenters. The summed E-state index contributed by atoms with van der Waals surface area (Å²) < 4.78 is 9.03. The SMILES string of the molecule is Cc1c(NC(=O)c2ccc3c(c2)C(=O)CC(C)(C)O3)c(=O)n(-c2ccccc2)n1C. The van der Waals surface area contributed by atoms with Crippen LogP contribution in [0.5, 0.6) is 5.75 Å². The van der Waals surface area contributed by atoms with Crippen LogP contribution in [0.25, 0.3) is 5.69 Å². The van der Waals surface area contributed by atoms with E-state index in [1.807, 2.05) is 44.2 Å². The lowest BCUT2D eigenvalue weighted by atomic mass is 9.92. The second-order valence-electron chi connectivity index (χ2n) is 8.06. The van der Waals surface area contributed by atoms with Crippen molar-refractivity contribution in [1.29, 1.82) is 0 Å². The number of carbonyl (C=O) groups is 2. The lowest BCUT2D eigenvalue weighted by molar-refractivity contribution is 0.0620. The summed E-state index contributed by atoms with van der Waals surface area (Å²) in [6.45, 7) is 5.47. The average molecular weight is 405 g/mol. The van der Waals surface area contributed by atoms with Crippen LogP contribution in [0.4, 0.5) is 5.69 Å². The van der Waals surface area contributed by atoms with E-state index in [0.29, 0.717) is 28.3 Å². The van der Waals surface area contributed by atoms with E-state index in [0.717, 1.165) is 0 Å². The van der Waals surface area contributed by atoms with Gasteiger partial charge in [0, 0.05) is 12.6 Å². The van der Waals surface area contributed by atoms with E-state index in [-0.39, 0.29) is 23.5 Å². The third-order valence-electron chi connectivity index (χ3n) is 5.31. The summed E-state index contributed by atoms with van der Waals surface area (Å²) in [5, 5.41) is 2.72. The molecule has 7 heteroatoms. The largest absolute Gasteiger partial charge is 0.487 e. The summed E-state index contributed by atoms with van der Waals surface area (Å²) in [5.41, 5.74) is 1.30. The Balaban J connectivity index is 1.67. The highest BCUT2D eigenvalue weighted by molar-refractivity contribution is 6.08. The fourth-order valence-corrected chi connectivity index (χ4v) is 3.69. The second kappa shape index (κ2) is 7.02. The fraction of sp³-hybridized carbons (Fsp3) is 0.261. The summed E-state index contributed by atoms with van der Waals surface area (Å²) in [7, 11) is 1.76. The van der Waals surface area contributed by atoms with Crippen molar-refractivity contribution in [3.63, 3.8) is 0 Å². The van der Waals surface area contributed by atoms with Gasteiger partial charge in [0.15, 0.2) is 5.78 Å². The van der Waals surface area contributed by atoms with Gasteiger partial charge in [-0.3, -0.25) is 19.1 Å². The van der Waals surface area contributed by atoms with E-state index < -0.39 is 11.5 Å². The van der Waals surface area contributed by atoms with Crippen LogP contribution in [0, 0.1) is 6.92 Å². The molecule has 2 aromatic carbocycles. The number of Topliss-reactive ketones (excluding diaryl/α,β-unsaturated/α-hetero) is 1. The van der Waals surface area contributed by atoms with Crippen LogP contribution in [0.15, 0.2) is 53.3 Å². The lowest BCUT2D eigenvalue weighted by Crippen LogP contribution is -2.36. The van der Waals surface area contributed by atoms with Gasteiger partial charge in [0.05, 0.1) is 23.4 Å². The fourth-order valence-electron chi connectivity index (χ4n) is 3.69. The molecule has 0 saturated heterocycles. The van der Waals surface area contributed by atoms with Crippen LogP contribution in [0.2, 0.25) is 0 Å². The highest BCUT2D eigenvalue weighted by atomic mass is 16.5. The molecule has 0 aliphatic carbocycles. The number of carbonyl (C=O) groups excluding carboxylic acids is 2. The van der Waals surface area contributed by atoms with E-state index in [1.165, 1.54) is 10.7 Å². The molecular formula is C23H23N3O4. The van der Waals surface area contributed by atoms with Crippen LogP contribution in [0.1, 0.15) is 46.7 Å². The average Bonchev–Trinajstić information content (AvgIpc) is 2.91. The minimum absolute atomic E-state index is 0.0711. The Morgan fingerprint density at radius 1 is 1.10 bits per heavy atom. The normalized spacial score (nSPS) is 14.7. The number of anilines is 1. The second-order valence-corrected chi connectivity index (χ2v) is 8.06. The van der Waals surface area contributed by atoms with E-state index >= 15 is 0 Å². The van der Waals surface area contributed by atoms with Crippen molar-refractivity contribution in [2.24, 2.45) is 7.05 Å². The Bertz CT molecular complexity index is 1220. The summed E-state index contributed by atoms with van der Waals surface area (Å²) >= 11 is 0. The van der Waals surface area contributed by atoms with Gasteiger partial charge in [0.2, 0.25) is 0 Å². The highest BCUT2D eigenvalue weighted by Crippen LogP contribution is 2.33. The molecule has 1 aliphatic heterocycles. The molecule has 1 aliphatic rings. The van der Waals surface area contributed by atoms with Gasteiger partial charge in [-0.25, -0.2) is 4.68 Å². The Labute approximate surface area is 173 Å². The number of hydrogen-bond acceptors (Lipinski definition) is 4. The first-order valence-corrected chi connectivity index (χ1v) is 9.69. The minimum Gasteiger partial charge on any atom is -0.487 e. The standard InChI is InChI=1S/C23H23N3O4/c1-14-20(22(29)26(25(14)4)16-8-6-5-7-9-16)24-21(28)15-10-11-19-17(12-15)18(27)13-23(2,3)30-19/h5-12H,13H2,1-4H3,(H,24,28). The molecule has 0 bridgehead atoms. The van der Waals surface area contributed by atoms with Crippen molar-refractivity contribution in [2.75, 3.05) is 5.32 Å². The summed E-state index contributed by atoms with van der Waals surface area (Å²) in [6, 6.07) is 13.9. The first kappa shape index (κ1) is 19.7. The van der Waals surface area contributed by atoms with Crippen molar-refractivity contribution >= 4 is 17.4 Å². The highest BCUT2D eigenvalue weighted by Gasteiger charge is 2.33. The summed E-state index contributed by atoms with van der Waals surface area (Å²) in [5.74, 6) is -0.0604. The molecule has 0 fully saturated rings. The Kier molecular flexibility index (Phi) is 4.61. The number of amides is 1. The van der Waals surface area contributed by atoms with Crippen molar-refractivity contribution in [3.8, 4) is 11.4 Å². The monoisotopic (exact) mass is 405 g/mol. The topological polar surface area (TPSA) is 82.3 Å². The molecule has 1 N–H and O–H groups in total. The maximum atomic E-state index is 13.0. The van der Waals surface area contributed by atoms with Crippen LogP contribution in [-0.2, 0) is 7.05 Å². The zero-order chi connectivity index (χ0) is 21.6. The molecule has 2 heterocycles. The number of rotatable bonds is 3. The first-order valence-electron chi connectivity index (χ1n) is 9.69. The Hall–Kier alpha value is -3.61. The van der Waals surface area contributed by atoms with Gasteiger partial charge in [-0.15, -0.1) is 0 Å². The van der Waals surface area contributed by atoms with Crippen LogP contribution in [-0.4, -0.2) is 26.7 Å². The molecule has 0 saturated carbocycles. The number of nitrogens with zero attached hydrogens (tertiary/aromatic N) is 2. The number of ether oxygens (including phenoxy) is 1. The Morgan fingerprint density at radius 3 is 2.50 bits per heavy atom. The van der Waals surface area contributed by atoms with E-state index in [9.17, 15) is 14.4 Å². The smallest absolute Gasteiger partial charge is 0.295 e. The lowest BCUT2D eigenvalue weighted by Gasteiger charge is -2.31. The van der Waals surface area contributed by atoms with Gasteiger partial charge in [-0.2, -0.15) is 0 Å². The van der Waals surface area contributed by atoms with Crippen molar-refractivity contribution in [1.82, 2.24) is 9.36 Å². The molecule has 0 radical (unpaired) electrons. The predicted octanol–water partition coefficient (Wildman–Crippen LogP) is 3.48. The molecule has 154 valence electrons. The number of nitrogens with one attached hydrogen (secondary N) is 1. The quantitative estimate of drug-likeness (QED) is 0.723. The molecule has 30 heavy (non-hydrogen) atoms. The third-order valence-corrected chi connectivity index (χ3v) is 5.31. The molecule has 4 rings (SSSR count). The van der Waals surface area contributed by atoms with E-state index in [2.05, 4.69) is 5.32 Å². The predicted molar refractivity (Wildman–Crippen MR) is 114 cm³/mol. The molecule has 1 aromatic heterocycles. The molecule has 1 amide bonds. The maximum Gasteiger partial charge on any atom is 0.295 e. The van der Waals surface area contributed by atoms with Gasteiger partial charge in [0.25, 0.3) is 11.5 Å². The van der Waals surface area contributed by atoms with Gasteiger partial charge >= 0.3 is 0 Å². The number of hydrogen-bond donors (Lipinski definition) is 1. The number of benzene rings is 2. The molecule has 0 atom stereocenters. The van der Waals surface area contributed by atoms with Crippen molar-refractivity contribution in [3.05, 3.63) is 75.7 Å². The molecule has 7 nitrogen and oxygen atoms in total. The number of ketones is 1. The van der Waals surface area contributed by atoms with Gasteiger partial charge in [-0.05, 0) is 51.1 Å². The molecule has 3 aromatic rings. The summed E-state index contributed by atoms with van der Waals surface area (Å²) in [4.78, 5) is 38.3. The number of fused-ring (bicyclic) bond motifs is 1. The third kappa shape index (κ3) is 3.32. The van der Waals surface area contributed by atoms with Crippen molar-refractivity contribution < 1.29 is 14.3 Å². The van der Waals surface area contributed by atoms with Gasteiger partial charge in [0.1, 0.15) is 17.0 Å². The Morgan fingerprint density at radius 2 is 1.80 bits per heavy atom. The van der Waals surface area contributed by atoms with E-state index in [1.54, 1.807) is 30.8 Å². The van der Waals surface area contributed by atoms with Crippen LogP contribution < -0.4 is 15.6 Å². The van der Waals surface area contributed by atoms with E-state index in [4.69, 9.17) is 4.74 Å². The zero-order valence-corrected chi connectivity index (χ0v) is 17.4. The first-order chi connectivity index (χ1) is 14.2. The molecule has 0 spiro atoms. The van der Waals surface area contributed by atoms with Crippen molar-refractivity contribution in [2.45, 2.75) is 32.8 Å². The zero-order valence-electron chi connectivity index (χ0n) is 17.4.